The molecule has 0 bridgehead atoms. The second-order valence-corrected chi connectivity index (χ2v) is 7.51. The van der Waals surface area contributed by atoms with E-state index in [0.717, 1.165) is 5.56 Å². The van der Waals surface area contributed by atoms with Crippen LogP contribution in [0.3, 0.4) is 0 Å². The zero-order valence-corrected chi connectivity index (χ0v) is 15.6. The summed E-state index contributed by atoms with van der Waals surface area (Å²) in [6.45, 7) is 6.00. The van der Waals surface area contributed by atoms with E-state index in [9.17, 15) is 19.5 Å². The summed E-state index contributed by atoms with van der Waals surface area (Å²) < 4.78 is 8.06. The molecular formula is C19H23N3O5. The molecule has 1 N–H and O–H groups in total. The van der Waals surface area contributed by atoms with E-state index in [-0.39, 0.29) is 37.6 Å². The molecule has 1 aromatic heterocycles. The Bertz CT molecular complexity index is 921. The molecule has 1 aliphatic heterocycles. The Kier molecular flexibility index (Phi) is 4.82. The Hall–Kier alpha value is -3.03. The van der Waals surface area contributed by atoms with E-state index in [0.29, 0.717) is 5.69 Å². The number of fused-ring (bicyclic) bond motifs is 1. The first kappa shape index (κ1) is 18.8. The Morgan fingerprint density at radius 2 is 1.81 bits per heavy atom. The van der Waals surface area contributed by atoms with Crippen LogP contribution in [0.1, 0.15) is 42.5 Å². The maximum atomic E-state index is 12.8. The minimum absolute atomic E-state index is 0.0214. The van der Waals surface area contributed by atoms with Gasteiger partial charge >= 0.3 is 17.8 Å². The van der Waals surface area contributed by atoms with E-state index in [1.807, 2.05) is 30.3 Å². The topological polar surface area (TPSA) is 93.8 Å². The van der Waals surface area contributed by atoms with Gasteiger partial charge in [-0.3, -0.25) is 9.13 Å². The van der Waals surface area contributed by atoms with Gasteiger partial charge in [-0.15, -0.1) is 0 Å². The Balaban J connectivity index is 1.96. The van der Waals surface area contributed by atoms with Crippen molar-refractivity contribution in [1.29, 1.82) is 0 Å². The summed E-state index contributed by atoms with van der Waals surface area (Å²) in [5.41, 5.74) is 0.0325. The molecule has 0 saturated carbocycles. The third-order valence-electron chi connectivity index (χ3n) is 4.30. The van der Waals surface area contributed by atoms with Gasteiger partial charge in [0.25, 0.3) is 0 Å². The number of carbonyl (C=O) groups is 2. The van der Waals surface area contributed by atoms with Gasteiger partial charge in [0.1, 0.15) is 5.60 Å². The lowest BCUT2D eigenvalue weighted by atomic mass is 10.2. The lowest BCUT2D eigenvalue weighted by Crippen LogP contribution is -2.43. The van der Waals surface area contributed by atoms with Crippen molar-refractivity contribution in [2.45, 2.75) is 46.0 Å². The number of hydrogen-bond donors (Lipinski definition) is 1. The molecule has 1 amide bonds. The maximum absolute atomic E-state index is 12.8. The SMILES string of the molecule is CC(C)(C)OC(=O)N1CCn2c(c(C(=O)O)n(Cc3ccccc3)c2=O)C1. The summed E-state index contributed by atoms with van der Waals surface area (Å²) in [5, 5.41) is 9.72. The van der Waals surface area contributed by atoms with Gasteiger partial charge in [0.2, 0.25) is 0 Å². The van der Waals surface area contributed by atoms with Gasteiger partial charge < -0.3 is 14.7 Å². The van der Waals surface area contributed by atoms with E-state index in [2.05, 4.69) is 0 Å². The van der Waals surface area contributed by atoms with E-state index in [1.54, 1.807) is 20.8 Å². The molecule has 8 nitrogen and oxygen atoms in total. The molecule has 0 spiro atoms. The first-order valence-corrected chi connectivity index (χ1v) is 8.74. The van der Waals surface area contributed by atoms with Crippen LogP contribution in [0.15, 0.2) is 35.1 Å². The van der Waals surface area contributed by atoms with Crippen LogP contribution in [0.25, 0.3) is 0 Å². The molecule has 2 aromatic rings. The van der Waals surface area contributed by atoms with Crippen LogP contribution in [0.5, 0.6) is 0 Å². The maximum Gasteiger partial charge on any atom is 0.410 e. The summed E-state index contributed by atoms with van der Waals surface area (Å²) >= 11 is 0. The molecule has 0 saturated heterocycles. The fourth-order valence-electron chi connectivity index (χ4n) is 3.15. The highest BCUT2D eigenvalue weighted by Gasteiger charge is 2.32. The van der Waals surface area contributed by atoms with E-state index in [4.69, 9.17) is 4.74 Å². The summed E-state index contributed by atoms with van der Waals surface area (Å²) in [6.07, 6.45) is -0.520. The summed E-state index contributed by atoms with van der Waals surface area (Å²) in [7, 11) is 0. The summed E-state index contributed by atoms with van der Waals surface area (Å²) in [5.74, 6) is -1.19. The number of benzene rings is 1. The second kappa shape index (κ2) is 6.94. The molecule has 0 unspecified atom stereocenters. The highest BCUT2D eigenvalue weighted by atomic mass is 16.6. The molecule has 0 radical (unpaired) electrons. The number of hydrogen-bond acceptors (Lipinski definition) is 4. The third kappa shape index (κ3) is 3.89. The highest BCUT2D eigenvalue weighted by molar-refractivity contribution is 5.87. The highest BCUT2D eigenvalue weighted by Crippen LogP contribution is 2.20. The zero-order valence-electron chi connectivity index (χ0n) is 15.6. The summed E-state index contributed by atoms with van der Waals surface area (Å²) in [6, 6.07) is 9.19. The van der Waals surface area contributed by atoms with E-state index >= 15 is 0 Å². The third-order valence-corrected chi connectivity index (χ3v) is 4.30. The van der Waals surface area contributed by atoms with Gasteiger partial charge in [-0.2, -0.15) is 0 Å². The van der Waals surface area contributed by atoms with Gasteiger partial charge in [-0.05, 0) is 26.3 Å². The van der Waals surface area contributed by atoms with Crippen LogP contribution in [-0.2, 0) is 24.4 Å². The standard InChI is InChI=1S/C19H23N3O5/c1-19(2,3)27-18(26)20-9-10-21-14(12-20)15(16(23)24)22(17(21)25)11-13-7-5-4-6-8-13/h4-8H,9-12H2,1-3H3,(H,23,24). The van der Waals surface area contributed by atoms with Gasteiger partial charge in [-0.1, -0.05) is 30.3 Å². The molecule has 0 atom stereocenters. The lowest BCUT2D eigenvalue weighted by molar-refractivity contribution is 0.0195. The predicted octanol–water partition coefficient (Wildman–Crippen LogP) is 2.15. The smallest absolute Gasteiger partial charge is 0.410 e. The van der Waals surface area contributed by atoms with Crippen LogP contribution >= 0.6 is 0 Å². The second-order valence-electron chi connectivity index (χ2n) is 7.51. The molecule has 8 heteroatoms. The fourth-order valence-corrected chi connectivity index (χ4v) is 3.15. The molecular weight excluding hydrogens is 350 g/mol. The number of aromatic nitrogens is 2. The van der Waals surface area contributed by atoms with Gasteiger partial charge in [0.15, 0.2) is 5.69 Å². The quantitative estimate of drug-likeness (QED) is 0.890. The van der Waals surface area contributed by atoms with Crippen molar-refractivity contribution < 1.29 is 19.4 Å². The van der Waals surface area contributed by atoms with Crippen LogP contribution in [-0.4, -0.2) is 43.3 Å². The largest absolute Gasteiger partial charge is 0.477 e. The fraction of sp³-hybridized carbons (Fsp3) is 0.421. The molecule has 2 heterocycles. The van der Waals surface area contributed by atoms with Crippen LogP contribution in [0.4, 0.5) is 4.79 Å². The zero-order chi connectivity index (χ0) is 19.8. The number of ether oxygens (including phenoxy) is 1. The van der Waals surface area contributed by atoms with Crippen molar-refractivity contribution in [3.8, 4) is 0 Å². The monoisotopic (exact) mass is 373 g/mol. The first-order chi connectivity index (χ1) is 12.7. The van der Waals surface area contributed by atoms with Crippen LogP contribution in [0, 0.1) is 0 Å². The number of carbonyl (C=O) groups excluding carboxylic acids is 1. The average Bonchev–Trinajstić information content (AvgIpc) is 2.86. The van der Waals surface area contributed by atoms with Gasteiger partial charge in [0.05, 0.1) is 18.8 Å². The van der Waals surface area contributed by atoms with Crippen molar-refractivity contribution >= 4 is 12.1 Å². The van der Waals surface area contributed by atoms with Crippen LogP contribution < -0.4 is 5.69 Å². The number of imidazole rings is 1. The van der Waals surface area contributed by atoms with Crippen molar-refractivity contribution in [3.63, 3.8) is 0 Å². The lowest BCUT2D eigenvalue weighted by Gasteiger charge is -2.30. The van der Waals surface area contributed by atoms with Crippen molar-refractivity contribution in [3.05, 3.63) is 57.8 Å². The van der Waals surface area contributed by atoms with Gasteiger partial charge in [-0.25, -0.2) is 14.4 Å². The van der Waals surface area contributed by atoms with E-state index in [1.165, 1.54) is 14.0 Å². The van der Waals surface area contributed by atoms with Crippen molar-refractivity contribution in [2.24, 2.45) is 0 Å². The van der Waals surface area contributed by atoms with Crippen LogP contribution in [0.2, 0.25) is 0 Å². The number of aromatic carboxylic acids is 1. The number of amides is 1. The average molecular weight is 373 g/mol. The number of nitrogens with zero attached hydrogens (tertiary/aromatic N) is 3. The van der Waals surface area contributed by atoms with Crippen molar-refractivity contribution in [2.75, 3.05) is 6.54 Å². The minimum atomic E-state index is -1.19. The number of carboxylic acid groups (broad SMARTS) is 1. The van der Waals surface area contributed by atoms with Crippen molar-refractivity contribution in [1.82, 2.24) is 14.0 Å². The Morgan fingerprint density at radius 3 is 2.41 bits per heavy atom. The molecule has 0 aliphatic carbocycles. The number of rotatable bonds is 3. The molecule has 0 fully saturated rings. The first-order valence-electron chi connectivity index (χ1n) is 8.74. The Labute approximate surface area is 156 Å². The van der Waals surface area contributed by atoms with E-state index < -0.39 is 17.7 Å². The normalized spacial score (nSPS) is 14.0. The number of carboxylic acids is 1. The Morgan fingerprint density at radius 1 is 1.15 bits per heavy atom. The molecule has 27 heavy (non-hydrogen) atoms. The molecule has 3 rings (SSSR count). The van der Waals surface area contributed by atoms with Gasteiger partial charge in [0, 0.05) is 13.1 Å². The predicted molar refractivity (Wildman–Crippen MR) is 97.8 cm³/mol. The summed E-state index contributed by atoms with van der Waals surface area (Å²) in [4.78, 5) is 38.5. The molecule has 1 aromatic carbocycles. The molecule has 1 aliphatic rings. The minimum Gasteiger partial charge on any atom is -0.477 e. The molecule has 144 valence electrons.